The van der Waals surface area contributed by atoms with Crippen molar-refractivity contribution in [2.45, 2.75) is 115 Å². The van der Waals surface area contributed by atoms with Crippen molar-refractivity contribution in [2.75, 3.05) is 13.2 Å². The number of nitrogens with one attached hydrogen (secondary N) is 6. The van der Waals surface area contributed by atoms with Gasteiger partial charge in [0.15, 0.2) is 5.60 Å². The normalized spacial score (nSPS) is 15.3. The quantitative estimate of drug-likeness (QED) is 0.0500. The zero-order valence-electron chi connectivity index (χ0n) is 41.0. The minimum atomic E-state index is -4.77. The molecule has 6 atom stereocenters. The molecule has 8 N–H and O–H groups in total. The third-order valence-electron chi connectivity index (χ3n) is 12.1. The standard InChI is InChI=1S/C53H63F3N6O10/c1-31(2)24-40(45(65)57-35(27-63)26-52(54,55)56)59-49(69)44(51(4,5)6)62-46(66)41(25-34-19-11-10-16-32(34)3)58-48(68)43(30-72-29-33-17-8-7-9-18-33)60-47(67)42(28-64)61-50(70)53(71)38-22-14-12-20-36(38)37-21-13-15-23-39(37)53/h7-23,27,31,35,40-44,64,71H,24-26,28-30H2,1-6H3,(H,57,65)(H,58,68)(H,59,69)(H,60,67)(H,61,70)(H,62,66)/t35?,40-,41-,42-,43+,44+/m0/s1. The van der Waals surface area contributed by atoms with Crippen molar-refractivity contribution >= 4 is 41.7 Å². The average molecular weight is 1000 g/mol. The summed E-state index contributed by atoms with van der Waals surface area (Å²) in [5.74, 6) is -6.08. The number of halogens is 3. The SMILES string of the molecule is Cc1ccccc1C[C@H](NC(=O)[C@@H](COCc1ccccc1)NC(=O)[C@H](CO)NC(=O)C1(O)c2ccccc2-c2ccccc21)C(=O)N[C@H](C(=O)N[C@@H](CC(C)C)C(=O)NC(C=O)CC(F)(F)F)C(C)(C)C. The number of aliphatic hydroxyl groups is 2. The van der Waals surface area contributed by atoms with Crippen molar-refractivity contribution in [2.24, 2.45) is 11.3 Å². The summed E-state index contributed by atoms with van der Waals surface area (Å²) in [6, 6.07) is 19.8. The van der Waals surface area contributed by atoms with Crippen LogP contribution < -0.4 is 31.9 Å². The molecule has 0 fully saturated rings. The zero-order valence-corrected chi connectivity index (χ0v) is 41.0. The molecular formula is C53H63F3N6O10. The van der Waals surface area contributed by atoms with Gasteiger partial charge in [0.2, 0.25) is 29.5 Å². The Balaban J connectivity index is 1.41. The smallest absolute Gasteiger partial charge is 0.391 e. The van der Waals surface area contributed by atoms with Crippen molar-refractivity contribution in [1.29, 1.82) is 0 Å². The Morgan fingerprint density at radius 1 is 0.653 bits per heavy atom. The summed E-state index contributed by atoms with van der Waals surface area (Å²) < 4.78 is 45.4. The van der Waals surface area contributed by atoms with Crippen molar-refractivity contribution in [3.63, 3.8) is 0 Å². The molecule has 0 aromatic heterocycles. The maximum absolute atomic E-state index is 14.6. The van der Waals surface area contributed by atoms with Crippen molar-refractivity contribution in [3.8, 4) is 11.1 Å². The molecule has 0 saturated heterocycles. The van der Waals surface area contributed by atoms with Crippen LogP contribution in [0.25, 0.3) is 11.1 Å². The number of carbonyl (C=O) groups is 7. The fourth-order valence-corrected chi connectivity index (χ4v) is 8.32. The molecule has 0 aliphatic heterocycles. The van der Waals surface area contributed by atoms with E-state index < -0.39 is 109 Å². The summed E-state index contributed by atoms with van der Waals surface area (Å²) in [4.78, 5) is 96.2. The van der Waals surface area contributed by atoms with Gasteiger partial charge in [-0.05, 0) is 52.5 Å². The lowest BCUT2D eigenvalue weighted by Crippen LogP contribution is -2.63. The van der Waals surface area contributed by atoms with Crippen LogP contribution in [0.4, 0.5) is 13.2 Å². The van der Waals surface area contributed by atoms with Crippen LogP contribution in [-0.2, 0) is 56.9 Å². The number of carbonyl (C=O) groups excluding carboxylic acids is 7. The van der Waals surface area contributed by atoms with E-state index in [1.165, 1.54) is 0 Å². The summed E-state index contributed by atoms with van der Waals surface area (Å²) in [6.07, 6.45) is -6.64. The van der Waals surface area contributed by atoms with E-state index in [2.05, 4.69) is 31.9 Å². The number of alkyl halides is 3. The van der Waals surface area contributed by atoms with E-state index in [0.29, 0.717) is 16.7 Å². The molecule has 6 amide bonds. The molecule has 1 aliphatic rings. The predicted octanol–water partition coefficient (Wildman–Crippen LogP) is 3.82. The number of aliphatic hydroxyl groups excluding tert-OH is 1. The van der Waals surface area contributed by atoms with Crippen LogP contribution in [-0.4, -0.2) is 108 Å². The molecule has 0 bridgehead atoms. The highest BCUT2D eigenvalue weighted by Gasteiger charge is 2.49. The van der Waals surface area contributed by atoms with E-state index in [-0.39, 0.29) is 42.8 Å². The Morgan fingerprint density at radius 3 is 1.72 bits per heavy atom. The van der Waals surface area contributed by atoms with Crippen LogP contribution in [0.5, 0.6) is 0 Å². The summed E-state index contributed by atoms with van der Waals surface area (Å²) in [5, 5.41) is 37.5. The molecular weight excluding hydrogens is 938 g/mol. The largest absolute Gasteiger partial charge is 0.394 e. The van der Waals surface area contributed by atoms with Crippen LogP contribution in [0.3, 0.4) is 0 Å². The number of hydrogen-bond donors (Lipinski definition) is 8. The van der Waals surface area contributed by atoms with E-state index in [1.807, 2.05) is 0 Å². The van der Waals surface area contributed by atoms with Gasteiger partial charge in [0.1, 0.15) is 36.5 Å². The number of fused-ring (bicyclic) bond motifs is 3. The monoisotopic (exact) mass is 1000 g/mol. The lowest BCUT2D eigenvalue weighted by Gasteiger charge is -2.34. The van der Waals surface area contributed by atoms with Gasteiger partial charge in [-0.25, -0.2) is 0 Å². The van der Waals surface area contributed by atoms with Crippen LogP contribution in [0.15, 0.2) is 103 Å². The molecule has 0 radical (unpaired) electrons. The number of ether oxygens (including phenoxy) is 1. The Bertz CT molecular complexity index is 2520. The van der Waals surface area contributed by atoms with Crippen molar-refractivity contribution in [3.05, 3.63) is 131 Å². The highest BCUT2D eigenvalue weighted by atomic mass is 19.4. The van der Waals surface area contributed by atoms with E-state index in [9.17, 15) is 56.9 Å². The zero-order chi connectivity index (χ0) is 53.0. The highest BCUT2D eigenvalue weighted by Crippen LogP contribution is 2.47. The first-order valence-corrected chi connectivity index (χ1v) is 23.5. The molecule has 0 spiro atoms. The van der Waals surface area contributed by atoms with Gasteiger partial charge in [0, 0.05) is 17.5 Å². The minimum absolute atomic E-state index is 0.0179. The van der Waals surface area contributed by atoms with E-state index in [0.717, 1.165) is 11.1 Å². The molecule has 72 heavy (non-hydrogen) atoms. The third kappa shape index (κ3) is 14.6. The minimum Gasteiger partial charge on any atom is -0.394 e. The van der Waals surface area contributed by atoms with E-state index >= 15 is 0 Å². The average Bonchev–Trinajstić information content (AvgIpc) is 3.59. The summed E-state index contributed by atoms with van der Waals surface area (Å²) in [6.45, 7) is 8.59. The maximum atomic E-state index is 14.6. The fraction of sp³-hybridized carbons (Fsp3) is 0.415. The topological polar surface area (TPSA) is 241 Å². The van der Waals surface area contributed by atoms with Gasteiger partial charge >= 0.3 is 6.18 Å². The number of benzene rings is 4. The Labute approximate surface area is 416 Å². The lowest BCUT2D eigenvalue weighted by atomic mass is 9.85. The van der Waals surface area contributed by atoms with Gasteiger partial charge in [-0.3, -0.25) is 28.8 Å². The Kier molecular flexibility index (Phi) is 19.0. The van der Waals surface area contributed by atoms with Crippen molar-refractivity contribution < 1.29 is 61.7 Å². The number of amides is 6. The molecule has 16 nitrogen and oxygen atoms in total. The molecule has 4 aromatic carbocycles. The Hall–Kier alpha value is -6.96. The second-order valence-electron chi connectivity index (χ2n) is 19.3. The highest BCUT2D eigenvalue weighted by molar-refractivity contribution is 6.01. The molecule has 0 heterocycles. The summed E-state index contributed by atoms with van der Waals surface area (Å²) in [7, 11) is 0. The number of hydrogen-bond acceptors (Lipinski definition) is 10. The van der Waals surface area contributed by atoms with Crippen LogP contribution in [0.1, 0.15) is 75.3 Å². The van der Waals surface area contributed by atoms with Gasteiger partial charge in [0.25, 0.3) is 5.91 Å². The first-order valence-electron chi connectivity index (χ1n) is 23.5. The first kappa shape index (κ1) is 56.0. The fourth-order valence-electron chi connectivity index (χ4n) is 8.32. The van der Waals surface area contributed by atoms with Gasteiger partial charge in [0.05, 0.1) is 32.3 Å². The lowest BCUT2D eigenvalue weighted by molar-refractivity contribution is -0.147. The molecule has 5 rings (SSSR count). The number of aldehydes is 1. The van der Waals surface area contributed by atoms with Gasteiger partial charge in [-0.15, -0.1) is 0 Å². The number of aryl methyl sites for hydroxylation is 1. The van der Waals surface area contributed by atoms with Crippen LogP contribution in [0.2, 0.25) is 0 Å². The van der Waals surface area contributed by atoms with Gasteiger partial charge in [-0.1, -0.05) is 138 Å². The van der Waals surface area contributed by atoms with Crippen LogP contribution >= 0.6 is 0 Å². The number of rotatable bonds is 23. The molecule has 19 heteroatoms. The Morgan fingerprint density at radius 2 is 1.17 bits per heavy atom. The van der Waals surface area contributed by atoms with Gasteiger partial charge in [-0.2, -0.15) is 13.2 Å². The van der Waals surface area contributed by atoms with Crippen molar-refractivity contribution in [1.82, 2.24) is 31.9 Å². The first-order chi connectivity index (χ1) is 34.0. The summed E-state index contributed by atoms with van der Waals surface area (Å²) in [5.41, 5.74) is 0.427. The van der Waals surface area contributed by atoms with E-state index in [1.54, 1.807) is 145 Å². The maximum Gasteiger partial charge on any atom is 0.391 e. The second kappa shape index (κ2) is 24.4. The predicted molar refractivity (Wildman–Crippen MR) is 260 cm³/mol. The molecule has 4 aromatic rings. The molecule has 0 saturated carbocycles. The summed E-state index contributed by atoms with van der Waals surface area (Å²) >= 11 is 0. The molecule has 386 valence electrons. The van der Waals surface area contributed by atoms with Crippen LogP contribution in [0, 0.1) is 18.3 Å². The van der Waals surface area contributed by atoms with E-state index in [4.69, 9.17) is 4.74 Å². The second-order valence-corrected chi connectivity index (χ2v) is 19.3. The third-order valence-corrected chi connectivity index (χ3v) is 12.1. The van der Waals surface area contributed by atoms with Gasteiger partial charge < -0.3 is 51.6 Å². The molecule has 1 aliphatic carbocycles. The molecule has 1 unspecified atom stereocenters.